The maximum atomic E-state index is 13.4. The van der Waals surface area contributed by atoms with Gasteiger partial charge in [-0.2, -0.15) is 0 Å². The van der Waals surface area contributed by atoms with Crippen molar-refractivity contribution in [3.8, 4) is 0 Å². The Kier molecular flexibility index (Phi) is 5.95. The highest BCUT2D eigenvalue weighted by Gasteiger charge is 2.05. The zero-order chi connectivity index (χ0) is 15.8. The summed E-state index contributed by atoms with van der Waals surface area (Å²) in [4.78, 5) is 11.8. The number of carbonyl (C=O) groups excluding carboxylic acids is 1. The van der Waals surface area contributed by atoms with Gasteiger partial charge in [-0.3, -0.25) is 4.79 Å². The normalized spacial score (nSPS) is 10.3. The topological polar surface area (TPSA) is 41.1 Å². The maximum absolute atomic E-state index is 13.4. The van der Waals surface area contributed by atoms with E-state index < -0.39 is 0 Å². The van der Waals surface area contributed by atoms with E-state index in [1.165, 1.54) is 11.6 Å². The number of hydrogen-bond acceptors (Lipinski definition) is 2. The Morgan fingerprint density at radius 2 is 1.73 bits per heavy atom. The molecule has 0 aliphatic heterocycles. The number of carbonyl (C=O) groups is 1. The van der Waals surface area contributed by atoms with Gasteiger partial charge in [0.05, 0.1) is 0 Å². The van der Waals surface area contributed by atoms with Crippen molar-refractivity contribution in [1.82, 2.24) is 5.32 Å². The summed E-state index contributed by atoms with van der Waals surface area (Å²) in [7, 11) is 0. The number of anilines is 1. The molecule has 4 heteroatoms. The molecule has 0 aromatic heterocycles. The van der Waals surface area contributed by atoms with E-state index in [0.717, 1.165) is 12.1 Å². The molecule has 2 aromatic carbocycles. The molecule has 1 amide bonds. The lowest BCUT2D eigenvalue weighted by atomic mass is 10.1. The highest BCUT2D eigenvalue weighted by atomic mass is 19.1. The molecule has 0 heterocycles. The Morgan fingerprint density at radius 3 is 2.45 bits per heavy atom. The van der Waals surface area contributed by atoms with E-state index in [1.807, 2.05) is 18.2 Å². The fourth-order valence-electron chi connectivity index (χ4n) is 2.24. The number of aryl methyl sites for hydroxylation is 1. The monoisotopic (exact) mass is 300 g/mol. The zero-order valence-electron chi connectivity index (χ0n) is 12.7. The summed E-state index contributed by atoms with van der Waals surface area (Å²) in [6.07, 6.45) is 1.30. The Balaban J connectivity index is 1.75. The van der Waals surface area contributed by atoms with Crippen molar-refractivity contribution < 1.29 is 9.18 Å². The van der Waals surface area contributed by atoms with Crippen molar-refractivity contribution >= 4 is 11.6 Å². The molecule has 3 nitrogen and oxygen atoms in total. The summed E-state index contributed by atoms with van der Waals surface area (Å²) in [5, 5.41) is 6.01. The van der Waals surface area contributed by atoms with Crippen LogP contribution in [-0.2, 0) is 17.8 Å². The molecule has 0 fully saturated rings. The van der Waals surface area contributed by atoms with Crippen molar-refractivity contribution in [3.63, 3.8) is 0 Å². The molecule has 0 radical (unpaired) electrons. The second kappa shape index (κ2) is 8.17. The average molecular weight is 300 g/mol. The molecule has 2 aromatic rings. The summed E-state index contributed by atoms with van der Waals surface area (Å²) in [5.41, 5.74) is 2.79. The number of para-hydroxylation sites is 1. The molecule has 0 bridgehead atoms. The molecular weight excluding hydrogens is 279 g/mol. The van der Waals surface area contributed by atoms with Crippen LogP contribution in [0.2, 0.25) is 0 Å². The van der Waals surface area contributed by atoms with Crippen LogP contribution < -0.4 is 10.6 Å². The van der Waals surface area contributed by atoms with Crippen LogP contribution in [0.15, 0.2) is 48.5 Å². The molecular formula is C18H21FN2O. The van der Waals surface area contributed by atoms with E-state index in [9.17, 15) is 9.18 Å². The number of halogens is 1. The Bertz CT molecular complexity index is 628. The van der Waals surface area contributed by atoms with Gasteiger partial charge in [-0.25, -0.2) is 4.39 Å². The Labute approximate surface area is 130 Å². The molecule has 2 N–H and O–H groups in total. The van der Waals surface area contributed by atoms with Crippen molar-refractivity contribution in [2.45, 2.75) is 26.3 Å². The minimum atomic E-state index is -0.294. The first-order chi connectivity index (χ1) is 10.7. The molecule has 0 spiro atoms. The van der Waals surface area contributed by atoms with Crippen LogP contribution in [0.1, 0.15) is 24.5 Å². The van der Waals surface area contributed by atoms with Crippen molar-refractivity contribution in [1.29, 1.82) is 0 Å². The number of amides is 1. The van der Waals surface area contributed by atoms with Gasteiger partial charge in [0.2, 0.25) is 5.91 Å². The number of benzene rings is 2. The lowest BCUT2D eigenvalue weighted by molar-refractivity contribution is -0.121. The number of rotatable bonds is 7. The highest BCUT2D eigenvalue weighted by molar-refractivity contribution is 5.76. The van der Waals surface area contributed by atoms with Crippen LogP contribution in [-0.4, -0.2) is 12.5 Å². The fourth-order valence-corrected chi connectivity index (χ4v) is 2.24. The van der Waals surface area contributed by atoms with Gasteiger partial charge in [0.1, 0.15) is 5.82 Å². The van der Waals surface area contributed by atoms with Gasteiger partial charge < -0.3 is 10.6 Å². The highest BCUT2D eigenvalue weighted by Crippen LogP contribution is 2.15. The summed E-state index contributed by atoms with van der Waals surface area (Å²) < 4.78 is 13.4. The number of hydrogen-bond donors (Lipinski definition) is 2. The van der Waals surface area contributed by atoms with Gasteiger partial charge in [-0.05, 0) is 24.1 Å². The van der Waals surface area contributed by atoms with Gasteiger partial charge >= 0.3 is 0 Å². The fraction of sp³-hybridized carbons (Fsp3) is 0.278. The first-order valence-electron chi connectivity index (χ1n) is 7.52. The van der Waals surface area contributed by atoms with Crippen molar-refractivity contribution in [2.24, 2.45) is 0 Å². The lowest BCUT2D eigenvalue weighted by Crippen LogP contribution is -2.25. The summed E-state index contributed by atoms with van der Waals surface area (Å²) in [5.74, 6) is -0.387. The summed E-state index contributed by atoms with van der Waals surface area (Å²) in [6, 6.07) is 14.5. The molecule has 0 atom stereocenters. The maximum Gasteiger partial charge on any atom is 0.222 e. The third-order valence-corrected chi connectivity index (χ3v) is 3.50. The van der Waals surface area contributed by atoms with Gasteiger partial charge in [0.25, 0.3) is 0 Å². The van der Waals surface area contributed by atoms with E-state index in [0.29, 0.717) is 18.5 Å². The van der Waals surface area contributed by atoms with E-state index in [2.05, 4.69) is 23.6 Å². The third kappa shape index (κ3) is 4.58. The predicted octanol–water partition coefficient (Wildman–Crippen LogP) is 3.51. The molecule has 116 valence electrons. The average Bonchev–Trinajstić information content (AvgIpc) is 2.54. The van der Waals surface area contributed by atoms with Crippen molar-refractivity contribution in [2.75, 3.05) is 11.9 Å². The van der Waals surface area contributed by atoms with E-state index in [4.69, 9.17) is 0 Å². The lowest BCUT2D eigenvalue weighted by Gasteiger charge is -2.11. The molecule has 22 heavy (non-hydrogen) atoms. The van der Waals surface area contributed by atoms with Gasteiger partial charge in [0, 0.05) is 30.8 Å². The van der Waals surface area contributed by atoms with Gasteiger partial charge in [0.15, 0.2) is 0 Å². The second-order valence-electron chi connectivity index (χ2n) is 5.06. The first kappa shape index (κ1) is 16.0. The molecule has 2 rings (SSSR count). The van der Waals surface area contributed by atoms with Crippen LogP contribution in [0.4, 0.5) is 10.1 Å². The minimum Gasteiger partial charge on any atom is -0.384 e. The number of nitrogens with one attached hydrogen (secondary N) is 2. The van der Waals surface area contributed by atoms with Crippen LogP contribution in [0.5, 0.6) is 0 Å². The standard InChI is InChI=1S/C18H21FN2O/c1-2-14-7-4-6-10-17(14)20-12-11-18(22)21-13-15-8-3-5-9-16(15)19/h3-10,20H,2,11-13H2,1H3,(H,21,22). The predicted molar refractivity (Wildman–Crippen MR) is 87.2 cm³/mol. The molecule has 0 aliphatic carbocycles. The summed E-state index contributed by atoms with van der Waals surface area (Å²) >= 11 is 0. The van der Waals surface area contributed by atoms with E-state index >= 15 is 0 Å². The first-order valence-corrected chi connectivity index (χ1v) is 7.52. The third-order valence-electron chi connectivity index (χ3n) is 3.50. The van der Waals surface area contributed by atoms with Crippen LogP contribution >= 0.6 is 0 Å². The van der Waals surface area contributed by atoms with Gasteiger partial charge in [-0.15, -0.1) is 0 Å². The zero-order valence-corrected chi connectivity index (χ0v) is 12.7. The smallest absolute Gasteiger partial charge is 0.222 e. The minimum absolute atomic E-state index is 0.0928. The molecule has 0 unspecified atom stereocenters. The molecule has 0 saturated heterocycles. The Hall–Kier alpha value is -2.36. The SMILES string of the molecule is CCc1ccccc1NCCC(=O)NCc1ccccc1F. The van der Waals surface area contributed by atoms with Crippen molar-refractivity contribution in [3.05, 3.63) is 65.5 Å². The van der Waals surface area contributed by atoms with Crippen LogP contribution in [0, 0.1) is 5.82 Å². The van der Waals surface area contributed by atoms with E-state index in [-0.39, 0.29) is 18.3 Å². The molecule has 0 aliphatic rings. The Morgan fingerprint density at radius 1 is 1.05 bits per heavy atom. The second-order valence-corrected chi connectivity index (χ2v) is 5.06. The largest absolute Gasteiger partial charge is 0.384 e. The van der Waals surface area contributed by atoms with Crippen LogP contribution in [0.25, 0.3) is 0 Å². The quantitative estimate of drug-likeness (QED) is 0.821. The van der Waals surface area contributed by atoms with Gasteiger partial charge in [-0.1, -0.05) is 43.3 Å². The molecule has 0 saturated carbocycles. The summed E-state index contributed by atoms with van der Waals surface area (Å²) in [6.45, 7) is 2.87. The van der Waals surface area contributed by atoms with E-state index in [1.54, 1.807) is 18.2 Å². The van der Waals surface area contributed by atoms with Crippen LogP contribution in [0.3, 0.4) is 0 Å².